The Morgan fingerprint density at radius 3 is 2.62 bits per heavy atom. The molecule has 1 aromatic carbocycles. The number of hydrogen-bond acceptors (Lipinski definition) is 1. The Bertz CT molecular complexity index is 373. The first kappa shape index (κ1) is 11.5. The zero-order valence-corrected chi connectivity index (χ0v) is 8.80. The van der Waals surface area contributed by atoms with Gasteiger partial charge in [-0.25, -0.2) is 0 Å². The molecule has 0 radical (unpaired) electrons. The molecule has 2 unspecified atom stereocenters. The lowest BCUT2D eigenvalue weighted by atomic mass is 9.74. The van der Waals surface area contributed by atoms with Gasteiger partial charge >= 0.3 is 6.18 Å². The largest absolute Gasteiger partial charge is 0.390 e. The highest BCUT2D eigenvalue weighted by molar-refractivity contribution is 5.39. The van der Waals surface area contributed by atoms with Crippen LogP contribution in [0.2, 0.25) is 0 Å². The van der Waals surface area contributed by atoms with Crippen molar-refractivity contribution in [3.05, 3.63) is 35.4 Å². The SMILES string of the molecule is NC(CC1Cc2ccccc21)CC(F)(F)F. The van der Waals surface area contributed by atoms with Gasteiger partial charge in [-0.1, -0.05) is 24.3 Å². The number of rotatable bonds is 3. The third-order valence-electron chi connectivity index (χ3n) is 3.04. The second-order valence-corrected chi connectivity index (χ2v) is 4.41. The van der Waals surface area contributed by atoms with Gasteiger partial charge in [0, 0.05) is 6.04 Å². The van der Waals surface area contributed by atoms with E-state index in [4.69, 9.17) is 5.73 Å². The molecule has 16 heavy (non-hydrogen) atoms. The fraction of sp³-hybridized carbons (Fsp3) is 0.500. The van der Waals surface area contributed by atoms with Crippen LogP contribution in [-0.2, 0) is 6.42 Å². The van der Waals surface area contributed by atoms with Crippen molar-refractivity contribution in [3.8, 4) is 0 Å². The van der Waals surface area contributed by atoms with E-state index in [1.165, 1.54) is 11.1 Å². The molecule has 0 aromatic heterocycles. The van der Waals surface area contributed by atoms with Gasteiger partial charge in [-0.15, -0.1) is 0 Å². The van der Waals surface area contributed by atoms with Crippen molar-refractivity contribution in [2.45, 2.75) is 37.4 Å². The molecule has 0 aliphatic heterocycles. The van der Waals surface area contributed by atoms with E-state index >= 15 is 0 Å². The van der Waals surface area contributed by atoms with Crippen LogP contribution < -0.4 is 5.73 Å². The zero-order chi connectivity index (χ0) is 11.8. The summed E-state index contributed by atoms with van der Waals surface area (Å²) in [5, 5.41) is 0. The van der Waals surface area contributed by atoms with Crippen molar-refractivity contribution in [1.82, 2.24) is 0 Å². The van der Waals surface area contributed by atoms with Crippen LogP contribution in [0.15, 0.2) is 24.3 Å². The average molecular weight is 229 g/mol. The molecule has 0 spiro atoms. The summed E-state index contributed by atoms with van der Waals surface area (Å²) in [6.45, 7) is 0. The summed E-state index contributed by atoms with van der Waals surface area (Å²) in [5.74, 6) is 0.216. The highest BCUT2D eigenvalue weighted by Crippen LogP contribution is 2.38. The Labute approximate surface area is 92.5 Å². The first-order valence-corrected chi connectivity index (χ1v) is 5.36. The van der Waals surface area contributed by atoms with E-state index in [1.807, 2.05) is 24.3 Å². The molecular weight excluding hydrogens is 215 g/mol. The summed E-state index contributed by atoms with van der Waals surface area (Å²) in [7, 11) is 0. The molecule has 1 aliphatic carbocycles. The monoisotopic (exact) mass is 229 g/mol. The molecule has 1 nitrogen and oxygen atoms in total. The molecule has 0 amide bonds. The molecule has 0 fully saturated rings. The van der Waals surface area contributed by atoms with Gasteiger partial charge < -0.3 is 5.73 Å². The van der Waals surface area contributed by atoms with Crippen LogP contribution in [-0.4, -0.2) is 12.2 Å². The molecule has 2 N–H and O–H groups in total. The Balaban J connectivity index is 1.90. The lowest BCUT2D eigenvalue weighted by Gasteiger charge is -2.32. The van der Waals surface area contributed by atoms with Gasteiger partial charge in [-0.05, 0) is 29.9 Å². The summed E-state index contributed by atoms with van der Waals surface area (Å²) in [4.78, 5) is 0. The van der Waals surface area contributed by atoms with Crippen LogP contribution in [0.25, 0.3) is 0 Å². The summed E-state index contributed by atoms with van der Waals surface area (Å²) in [6.07, 6.45) is -3.74. The quantitative estimate of drug-likeness (QED) is 0.847. The molecule has 1 aromatic rings. The van der Waals surface area contributed by atoms with Gasteiger partial charge in [0.2, 0.25) is 0 Å². The zero-order valence-electron chi connectivity index (χ0n) is 8.80. The van der Waals surface area contributed by atoms with Crippen LogP contribution in [0.4, 0.5) is 13.2 Å². The predicted octanol–water partition coefficient (Wildman–Crippen LogP) is 3.00. The summed E-state index contributed by atoms with van der Waals surface area (Å²) in [6, 6.07) is 7.08. The molecule has 0 saturated carbocycles. The Morgan fingerprint density at radius 1 is 1.31 bits per heavy atom. The minimum atomic E-state index is -4.15. The third-order valence-corrected chi connectivity index (χ3v) is 3.04. The van der Waals surface area contributed by atoms with Crippen LogP contribution >= 0.6 is 0 Å². The van der Waals surface area contributed by atoms with E-state index in [9.17, 15) is 13.2 Å². The fourth-order valence-corrected chi connectivity index (χ4v) is 2.32. The normalized spacial score (nSPS) is 21.1. The molecule has 0 saturated heterocycles. The highest BCUT2D eigenvalue weighted by Gasteiger charge is 2.33. The number of nitrogens with two attached hydrogens (primary N) is 1. The molecular formula is C12H14F3N. The maximum Gasteiger partial charge on any atom is 0.390 e. The Kier molecular flexibility index (Phi) is 2.93. The molecule has 4 heteroatoms. The lowest BCUT2D eigenvalue weighted by molar-refractivity contribution is -0.138. The number of fused-ring (bicyclic) bond motifs is 1. The van der Waals surface area contributed by atoms with Crippen LogP contribution in [0.5, 0.6) is 0 Å². The maximum absolute atomic E-state index is 12.1. The van der Waals surface area contributed by atoms with E-state index in [1.54, 1.807) is 0 Å². The van der Waals surface area contributed by atoms with Crippen LogP contribution in [0.3, 0.4) is 0 Å². The molecule has 2 atom stereocenters. The topological polar surface area (TPSA) is 26.0 Å². The smallest absolute Gasteiger partial charge is 0.327 e. The van der Waals surface area contributed by atoms with E-state index in [-0.39, 0.29) is 5.92 Å². The molecule has 88 valence electrons. The number of halogens is 3. The fourth-order valence-electron chi connectivity index (χ4n) is 2.32. The molecule has 2 rings (SSSR count). The molecule has 0 heterocycles. The second kappa shape index (κ2) is 4.09. The molecule has 0 bridgehead atoms. The summed E-state index contributed by atoms with van der Waals surface area (Å²) >= 11 is 0. The van der Waals surface area contributed by atoms with Crippen LogP contribution in [0.1, 0.15) is 29.9 Å². The molecule has 1 aliphatic rings. The van der Waals surface area contributed by atoms with Gasteiger partial charge in [-0.2, -0.15) is 13.2 Å². The highest BCUT2D eigenvalue weighted by atomic mass is 19.4. The van der Waals surface area contributed by atoms with E-state index in [0.717, 1.165) is 6.42 Å². The van der Waals surface area contributed by atoms with Crippen LogP contribution in [0, 0.1) is 0 Å². The van der Waals surface area contributed by atoms with Crippen molar-refractivity contribution in [2.75, 3.05) is 0 Å². The van der Waals surface area contributed by atoms with Crippen molar-refractivity contribution in [1.29, 1.82) is 0 Å². The van der Waals surface area contributed by atoms with Crippen molar-refractivity contribution in [3.63, 3.8) is 0 Å². The maximum atomic E-state index is 12.1. The van der Waals surface area contributed by atoms with Crippen molar-refractivity contribution >= 4 is 0 Å². The standard InChI is InChI=1S/C12H14F3N/c13-12(14,15)7-10(16)6-9-5-8-3-1-2-4-11(8)9/h1-4,9-10H,5-7,16H2. The van der Waals surface area contributed by atoms with E-state index in [2.05, 4.69) is 0 Å². The van der Waals surface area contributed by atoms with E-state index in [0.29, 0.717) is 6.42 Å². The average Bonchev–Trinajstić information content (AvgIpc) is 2.11. The second-order valence-electron chi connectivity index (χ2n) is 4.41. The van der Waals surface area contributed by atoms with Crippen molar-refractivity contribution in [2.24, 2.45) is 5.73 Å². The first-order valence-electron chi connectivity index (χ1n) is 5.36. The Hall–Kier alpha value is -1.03. The van der Waals surface area contributed by atoms with Gasteiger partial charge in [0.25, 0.3) is 0 Å². The summed E-state index contributed by atoms with van der Waals surface area (Å²) < 4.78 is 36.3. The number of hydrogen-bond donors (Lipinski definition) is 1. The van der Waals surface area contributed by atoms with Gasteiger partial charge in [0.1, 0.15) is 0 Å². The number of benzene rings is 1. The first-order chi connectivity index (χ1) is 7.46. The number of alkyl halides is 3. The van der Waals surface area contributed by atoms with Crippen molar-refractivity contribution < 1.29 is 13.2 Å². The van der Waals surface area contributed by atoms with Gasteiger partial charge in [0.05, 0.1) is 6.42 Å². The van der Waals surface area contributed by atoms with Gasteiger partial charge in [-0.3, -0.25) is 0 Å². The minimum absolute atomic E-state index is 0.216. The predicted molar refractivity (Wildman–Crippen MR) is 56.2 cm³/mol. The van der Waals surface area contributed by atoms with E-state index < -0.39 is 18.6 Å². The summed E-state index contributed by atoms with van der Waals surface area (Å²) in [5.41, 5.74) is 7.92. The third kappa shape index (κ3) is 2.55. The minimum Gasteiger partial charge on any atom is -0.327 e. The Morgan fingerprint density at radius 2 is 2.00 bits per heavy atom. The lowest BCUT2D eigenvalue weighted by Crippen LogP contribution is -2.32. The van der Waals surface area contributed by atoms with Gasteiger partial charge in [0.15, 0.2) is 0 Å².